The van der Waals surface area contributed by atoms with Crippen LogP contribution in [0.4, 0.5) is 18.9 Å². The molecule has 0 atom stereocenters. The lowest BCUT2D eigenvalue weighted by molar-refractivity contribution is -0.137. The maximum atomic E-state index is 12.7. The van der Waals surface area contributed by atoms with Gasteiger partial charge in [0.2, 0.25) is 0 Å². The molecule has 0 aliphatic heterocycles. The van der Waals surface area contributed by atoms with Crippen molar-refractivity contribution < 1.29 is 27.5 Å². The molecule has 2 N–H and O–H groups in total. The summed E-state index contributed by atoms with van der Waals surface area (Å²) in [7, 11) is 0. The van der Waals surface area contributed by atoms with E-state index in [2.05, 4.69) is 10.6 Å². The number of carbonyl (C=O) groups is 2. The molecule has 29 heavy (non-hydrogen) atoms. The number of nitrogens with one attached hydrogen (secondary N) is 2. The first-order valence-corrected chi connectivity index (χ1v) is 9.32. The normalized spacial score (nSPS) is 14.4. The Morgan fingerprint density at radius 1 is 1.03 bits per heavy atom. The maximum absolute atomic E-state index is 12.7. The monoisotopic (exact) mass is 406 g/mol. The highest BCUT2D eigenvalue weighted by molar-refractivity contribution is 5.94. The van der Waals surface area contributed by atoms with Crippen LogP contribution < -0.4 is 15.4 Å². The van der Waals surface area contributed by atoms with Crippen LogP contribution in [-0.4, -0.2) is 24.5 Å². The Bertz CT molecular complexity index is 860. The van der Waals surface area contributed by atoms with Crippen LogP contribution >= 0.6 is 0 Å². The quantitative estimate of drug-likeness (QED) is 0.748. The van der Waals surface area contributed by atoms with E-state index in [4.69, 9.17) is 4.74 Å². The van der Waals surface area contributed by atoms with Crippen molar-refractivity contribution >= 4 is 17.5 Å². The van der Waals surface area contributed by atoms with Crippen molar-refractivity contribution in [2.45, 2.75) is 37.9 Å². The molecule has 2 aromatic rings. The van der Waals surface area contributed by atoms with E-state index in [1.165, 1.54) is 12.1 Å². The third-order valence-corrected chi connectivity index (χ3v) is 4.65. The van der Waals surface area contributed by atoms with Crippen molar-refractivity contribution in [3.63, 3.8) is 0 Å². The second-order valence-corrected chi connectivity index (χ2v) is 6.89. The number of halogens is 3. The van der Waals surface area contributed by atoms with Crippen LogP contribution in [0.2, 0.25) is 0 Å². The van der Waals surface area contributed by atoms with Gasteiger partial charge in [0.05, 0.1) is 5.56 Å². The molecule has 154 valence electrons. The van der Waals surface area contributed by atoms with E-state index >= 15 is 0 Å². The molecular weight excluding hydrogens is 385 g/mol. The summed E-state index contributed by atoms with van der Waals surface area (Å²) >= 11 is 0. The molecule has 0 saturated heterocycles. The second kappa shape index (κ2) is 8.98. The zero-order valence-corrected chi connectivity index (χ0v) is 15.6. The van der Waals surface area contributed by atoms with Gasteiger partial charge in [-0.2, -0.15) is 13.2 Å². The predicted octanol–water partition coefficient (Wildman–Crippen LogP) is 4.40. The van der Waals surface area contributed by atoms with Gasteiger partial charge in [0.1, 0.15) is 5.75 Å². The van der Waals surface area contributed by atoms with E-state index in [0.717, 1.165) is 37.8 Å². The Hall–Kier alpha value is -3.03. The van der Waals surface area contributed by atoms with Crippen molar-refractivity contribution in [2.24, 2.45) is 0 Å². The van der Waals surface area contributed by atoms with E-state index in [1.54, 1.807) is 24.3 Å². The predicted molar refractivity (Wildman–Crippen MR) is 102 cm³/mol. The number of hydrogen-bond acceptors (Lipinski definition) is 3. The number of benzene rings is 2. The summed E-state index contributed by atoms with van der Waals surface area (Å²) in [5, 5.41) is 5.35. The molecule has 0 aromatic heterocycles. The summed E-state index contributed by atoms with van der Waals surface area (Å²) in [6, 6.07) is 10.9. The molecule has 0 radical (unpaired) electrons. The Balaban J connectivity index is 1.49. The fourth-order valence-corrected chi connectivity index (χ4v) is 3.16. The average Bonchev–Trinajstić information content (AvgIpc) is 3.19. The molecule has 1 fully saturated rings. The van der Waals surface area contributed by atoms with Crippen molar-refractivity contribution in [2.75, 3.05) is 11.9 Å². The van der Waals surface area contributed by atoms with Crippen LogP contribution in [-0.2, 0) is 11.0 Å². The van der Waals surface area contributed by atoms with Crippen LogP contribution in [0.3, 0.4) is 0 Å². The smallest absolute Gasteiger partial charge is 0.416 e. The van der Waals surface area contributed by atoms with Gasteiger partial charge in [-0.15, -0.1) is 0 Å². The zero-order valence-electron chi connectivity index (χ0n) is 15.6. The Morgan fingerprint density at radius 3 is 2.38 bits per heavy atom. The minimum Gasteiger partial charge on any atom is -0.484 e. The standard InChI is InChI=1S/C21H21F3N2O3/c22-21(23,24)15-4-3-7-17(12-15)25-19(27)13-29-18-10-8-14(9-11-18)20(28)26-16-5-1-2-6-16/h3-4,7-12,16H,1-2,5-6,13H2,(H,25,27)(H,26,28). The minimum atomic E-state index is -4.48. The van der Waals surface area contributed by atoms with E-state index in [1.807, 2.05) is 0 Å². The highest BCUT2D eigenvalue weighted by Gasteiger charge is 2.30. The fraction of sp³-hybridized carbons (Fsp3) is 0.333. The Labute approximate surface area is 166 Å². The fourth-order valence-electron chi connectivity index (χ4n) is 3.16. The molecular formula is C21H21F3N2O3. The molecule has 0 bridgehead atoms. The minimum absolute atomic E-state index is 0.0346. The highest BCUT2D eigenvalue weighted by atomic mass is 19.4. The SMILES string of the molecule is O=C(COc1ccc(C(=O)NC2CCCC2)cc1)Nc1cccc(C(F)(F)F)c1. The van der Waals surface area contributed by atoms with Crippen LogP contribution in [0.25, 0.3) is 0 Å². The lowest BCUT2D eigenvalue weighted by Gasteiger charge is -2.12. The number of hydrogen-bond donors (Lipinski definition) is 2. The molecule has 8 heteroatoms. The molecule has 0 heterocycles. The van der Waals surface area contributed by atoms with E-state index < -0.39 is 17.6 Å². The largest absolute Gasteiger partial charge is 0.484 e. The van der Waals surface area contributed by atoms with Gasteiger partial charge in [-0.25, -0.2) is 0 Å². The van der Waals surface area contributed by atoms with Crippen molar-refractivity contribution in [3.05, 3.63) is 59.7 Å². The molecule has 1 aliphatic carbocycles. The maximum Gasteiger partial charge on any atom is 0.416 e. The van der Waals surface area contributed by atoms with E-state index in [9.17, 15) is 22.8 Å². The van der Waals surface area contributed by atoms with Gasteiger partial charge >= 0.3 is 6.18 Å². The van der Waals surface area contributed by atoms with Gasteiger partial charge in [0, 0.05) is 17.3 Å². The molecule has 0 spiro atoms. The first kappa shape index (κ1) is 20.7. The van der Waals surface area contributed by atoms with Crippen LogP contribution in [0.1, 0.15) is 41.6 Å². The third-order valence-electron chi connectivity index (χ3n) is 4.65. The molecule has 3 rings (SSSR count). The third kappa shape index (κ3) is 5.97. The average molecular weight is 406 g/mol. The van der Waals surface area contributed by atoms with Crippen molar-refractivity contribution in [3.8, 4) is 5.75 Å². The molecule has 0 unspecified atom stereocenters. The van der Waals surface area contributed by atoms with Crippen LogP contribution in [0.5, 0.6) is 5.75 Å². The number of carbonyl (C=O) groups excluding carboxylic acids is 2. The lowest BCUT2D eigenvalue weighted by atomic mass is 10.1. The van der Waals surface area contributed by atoms with Crippen molar-refractivity contribution in [1.82, 2.24) is 5.32 Å². The topological polar surface area (TPSA) is 67.4 Å². The summed E-state index contributed by atoms with van der Waals surface area (Å²) in [5.41, 5.74) is -0.312. The summed E-state index contributed by atoms with van der Waals surface area (Å²) in [6.07, 6.45) is -0.245. The molecule has 1 saturated carbocycles. The van der Waals surface area contributed by atoms with Gasteiger partial charge in [-0.05, 0) is 55.3 Å². The van der Waals surface area contributed by atoms with Crippen LogP contribution in [0, 0.1) is 0 Å². The number of alkyl halides is 3. The van der Waals surface area contributed by atoms with Gasteiger partial charge in [-0.1, -0.05) is 18.9 Å². The molecule has 2 aromatic carbocycles. The first-order chi connectivity index (χ1) is 13.8. The number of amides is 2. The summed E-state index contributed by atoms with van der Waals surface area (Å²) in [4.78, 5) is 24.1. The van der Waals surface area contributed by atoms with Gasteiger partial charge in [0.15, 0.2) is 6.61 Å². The van der Waals surface area contributed by atoms with Crippen molar-refractivity contribution in [1.29, 1.82) is 0 Å². The highest BCUT2D eigenvalue weighted by Crippen LogP contribution is 2.30. The Morgan fingerprint density at radius 2 is 1.72 bits per heavy atom. The number of ether oxygens (including phenoxy) is 1. The zero-order chi connectivity index (χ0) is 20.9. The number of anilines is 1. The van der Waals surface area contributed by atoms with Gasteiger partial charge in [-0.3, -0.25) is 9.59 Å². The Kier molecular flexibility index (Phi) is 6.41. The second-order valence-electron chi connectivity index (χ2n) is 6.89. The number of rotatable bonds is 6. The summed E-state index contributed by atoms with van der Waals surface area (Å²) < 4.78 is 43.5. The molecule has 5 nitrogen and oxygen atoms in total. The van der Waals surface area contributed by atoms with Crippen LogP contribution in [0.15, 0.2) is 48.5 Å². The van der Waals surface area contributed by atoms with Gasteiger partial charge in [0.25, 0.3) is 11.8 Å². The lowest BCUT2D eigenvalue weighted by Crippen LogP contribution is -2.32. The van der Waals surface area contributed by atoms with E-state index in [-0.39, 0.29) is 24.2 Å². The summed E-state index contributed by atoms with van der Waals surface area (Å²) in [5.74, 6) is -0.361. The first-order valence-electron chi connectivity index (χ1n) is 9.32. The molecule has 1 aliphatic rings. The summed E-state index contributed by atoms with van der Waals surface area (Å²) in [6.45, 7) is -0.371. The van der Waals surface area contributed by atoms with E-state index in [0.29, 0.717) is 11.3 Å². The van der Waals surface area contributed by atoms with Gasteiger partial charge < -0.3 is 15.4 Å². The molecule has 2 amide bonds.